The smallest absolute Gasteiger partial charge is 0.138 e. The topological polar surface area (TPSA) is 55.6 Å². The number of nitrogens with one attached hydrogen (secondary N) is 1. The molecule has 6 heteroatoms. The van der Waals surface area contributed by atoms with Crippen LogP contribution in [0.15, 0.2) is 6.33 Å². The Bertz CT molecular complexity index is 182. The summed E-state index contributed by atoms with van der Waals surface area (Å²) in [5.41, 5.74) is 0. The minimum atomic E-state index is 0. The van der Waals surface area contributed by atoms with E-state index in [2.05, 4.69) is 20.8 Å². The van der Waals surface area contributed by atoms with Crippen LogP contribution in [0.2, 0.25) is 0 Å². The van der Waals surface area contributed by atoms with Crippen LogP contribution in [-0.2, 0) is 0 Å². The van der Waals surface area contributed by atoms with E-state index in [0.29, 0.717) is 6.04 Å². The summed E-state index contributed by atoms with van der Waals surface area (Å²) in [6, 6.07) is 0.486. The highest BCUT2D eigenvalue weighted by atomic mass is 35.5. The van der Waals surface area contributed by atoms with Crippen molar-refractivity contribution in [1.29, 1.82) is 0 Å². The zero-order valence-electron chi connectivity index (χ0n) is 5.27. The molecule has 1 aliphatic heterocycles. The van der Waals surface area contributed by atoms with Gasteiger partial charge < -0.3 is 5.32 Å². The van der Waals surface area contributed by atoms with Gasteiger partial charge in [0.25, 0.3) is 0 Å². The average molecular weight is 162 g/mol. The Labute approximate surface area is 64.2 Å². The third-order valence-electron chi connectivity index (χ3n) is 1.50. The fourth-order valence-electron chi connectivity index (χ4n) is 0.796. The molecule has 0 atom stereocenters. The lowest BCUT2D eigenvalue weighted by molar-refractivity contribution is 0.312. The second-order valence-electron chi connectivity index (χ2n) is 2.10. The van der Waals surface area contributed by atoms with Gasteiger partial charge in [-0.1, -0.05) is 0 Å². The third kappa shape index (κ3) is 1.10. The van der Waals surface area contributed by atoms with E-state index in [4.69, 9.17) is 0 Å². The van der Waals surface area contributed by atoms with Crippen molar-refractivity contribution in [3.05, 3.63) is 6.33 Å². The van der Waals surface area contributed by atoms with Crippen molar-refractivity contribution < 1.29 is 0 Å². The van der Waals surface area contributed by atoms with Crippen LogP contribution in [0.3, 0.4) is 0 Å². The van der Waals surface area contributed by atoms with E-state index in [0.717, 1.165) is 13.1 Å². The van der Waals surface area contributed by atoms with Crippen molar-refractivity contribution in [3.8, 4) is 0 Å². The van der Waals surface area contributed by atoms with Gasteiger partial charge in [0, 0.05) is 13.1 Å². The molecule has 1 saturated heterocycles. The predicted molar refractivity (Wildman–Crippen MR) is 37.0 cm³/mol. The van der Waals surface area contributed by atoms with Gasteiger partial charge in [0.05, 0.1) is 6.04 Å². The molecule has 0 spiro atoms. The van der Waals surface area contributed by atoms with Crippen LogP contribution in [0.4, 0.5) is 0 Å². The van der Waals surface area contributed by atoms with E-state index in [1.165, 1.54) is 0 Å². The molecule has 0 radical (unpaired) electrons. The molecule has 1 aromatic rings. The molecule has 0 saturated carbocycles. The summed E-state index contributed by atoms with van der Waals surface area (Å²) in [6.07, 6.45) is 1.64. The molecule has 0 aliphatic carbocycles. The molecule has 1 fully saturated rings. The van der Waals surface area contributed by atoms with Crippen LogP contribution in [0.1, 0.15) is 6.04 Å². The highest BCUT2D eigenvalue weighted by Crippen LogP contribution is 2.06. The third-order valence-corrected chi connectivity index (χ3v) is 1.50. The lowest BCUT2D eigenvalue weighted by Crippen LogP contribution is -2.43. The number of rotatable bonds is 1. The predicted octanol–water partition coefficient (Wildman–Crippen LogP) is -0.761. The summed E-state index contributed by atoms with van der Waals surface area (Å²) in [5.74, 6) is 0. The summed E-state index contributed by atoms with van der Waals surface area (Å²) in [6.45, 7) is 1.98. The number of aromatic nitrogens is 4. The van der Waals surface area contributed by atoms with Crippen molar-refractivity contribution in [3.63, 3.8) is 0 Å². The molecule has 56 valence electrons. The molecule has 1 aliphatic rings. The van der Waals surface area contributed by atoms with Crippen molar-refractivity contribution >= 4 is 12.4 Å². The van der Waals surface area contributed by atoms with Gasteiger partial charge in [0.1, 0.15) is 6.33 Å². The monoisotopic (exact) mass is 161 g/mol. The Morgan fingerprint density at radius 3 is 2.70 bits per heavy atom. The fourth-order valence-corrected chi connectivity index (χ4v) is 0.796. The van der Waals surface area contributed by atoms with Crippen LogP contribution in [0, 0.1) is 0 Å². The van der Waals surface area contributed by atoms with Gasteiger partial charge in [-0.3, -0.25) is 0 Å². The summed E-state index contributed by atoms with van der Waals surface area (Å²) >= 11 is 0. The van der Waals surface area contributed by atoms with Crippen LogP contribution < -0.4 is 5.32 Å². The van der Waals surface area contributed by atoms with Crippen LogP contribution >= 0.6 is 12.4 Å². The maximum atomic E-state index is 3.75. The number of nitrogens with zero attached hydrogens (tertiary/aromatic N) is 4. The highest BCUT2D eigenvalue weighted by Gasteiger charge is 2.18. The van der Waals surface area contributed by atoms with E-state index >= 15 is 0 Å². The summed E-state index contributed by atoms with van der Waals surface area (Å²) < 4.78 is 1.77. The molecule has 2 heterocycles. The first-order valence-electron chi connectivity index (χ1n) is 2.90. The Hall–Kier alpha value is -0.680. The first-order valence-corrected chi connectivity index (χ1v) is 2.90. The molecule has 1 aromatic heterocycles. The van der Waals surface area contributed by atoms with E-state index < -0.39 is 0 Å². The van der Waals surface area contributed by atoms with Crippen molar-refractivity contribution in [2.45, 2.75) is 6.04 Å². The quantitative estimate of drug-likeness (QED) is 0.588. The zero-order valence-corrected chi connectivity index (χ0v) is 6.08. The van der Waals surface area contributed by atoms with Crippen molar-refractivity contribution in [1.82, 2.24) is 25.5 Å². The zero-order chi connectivity index (χ0) is 6.10. The van der Waals surface area contributed by atoms with Crippen LogP contribution in [-0.4, -0.2) is 33.3 Å². The number of hydrogen-bond donors (Lipinski definition) is 1. The molecule has 0 unspecified atom stereocenters. The van der Waals surface area contributed by atoms with E-state index in [-0.39, 0.29) is 12.4 Å². The van der Waals surface area contributed by atoms with Gasteiger partial charge in [-0.05, 0) is 10.4 Å². The maximum absolute atomic E-state index is 3.75. The average Bonchev–Trinajstić information content (AvgIpc) is 2.11. The molecule has 2 rings (SSSR count). The van der Waals surface area contributed by atoms with Gasteiger partial charge >= 0.3 is 0 Å². The number of tetrazole rings is 1. The van der Waals surface area contributed by atoms with E-state index in [9.17, 15) is 0 Å². The second kappa shape index (κ2) is 2.94. The van der Waals surface area contributed by atoms with Gasteiger partial charge in [-0.15, -0.1) is 17.5 Å². The molecule has 1 N–H and O–H groups in total. The summed E-state index contributed by atoms with van der Waals surface area (Å²) in [7, 11) is 0. The summed E-state index contributed by atoms with van der Waals surface area (Å²) in [4.78, 5) is 0. The molecule has 10 heavy (non-hydrogen) atoms. The summed E-state index contributed by atoms with van der Waals surface area (Å²) in [5, 5.41) is 13.9. The molecule has 5 nitrogen and oxygen atoms in total. The molecule has 0 amide bonds. The minimum absolute atomic E-state index is 0. The first-order chi connectivity index (χ1) is 4.47. The molecule has 0 bridgehead atoms. The molecular weight excluding hydrogens is 154 g/mol. The lowest BCUT2D eigenvalue weighted by Gasteiger charge is -2.25. The SMILES string of the molecule is Cl.c1nnnn1C1CNC1. The Balaban J connectivity index is 0.000000500. The minimum Gasteiger partial charge on any atom is -0.312 e. The fraction of sp³-hybridized carbons (Fsp3) is 0.750. The van der Waals surface area contributed by atoms with Gasteiger partial charge in [-0.2, -0.15) is 0 Å². The van der Waals surface area contributed by atoms with E-state index in [1.54, 1.807) is 11.0 Å². The van der Waals surface area contributed by atoms with Crippen molar-refractivity contribution in [2.75, 3.05) is 13.1 Å². The van der Waals surface area contributed by atoms with Crippen LogP contribution in [0.25, 0.3) is 0 Å². The molecule has 0 aromatic carbocycles. The number of hydrogen-bond acceptors (Lipinski definition) is 4. The normalized spacial score (nSPS) is 17.6. The standard InChI is InChI=1S/C4H7N5.ClH/c1-4(2-5-1)9-3-6-7-8-9;/h3-5H,1-2H2;1H. The molecular formula is C4H8ClN5. The first kappa shape index (κ1) is 7.43. The Kier molecular flexibility index (Phi) is 2.18. The van der Waals surface area contributed by atoms with E-state index in [1.807, 2.05) is 0 Å². The largest absolute Gasteiger partial charge is 0.312 e. The van der Waals surface area contributed by atoms with Crippen molar-refractivity contribution in [2.24, 2.45) is 0 Å². The Morgan fingerprint density at radius 2 is 2.30 bits per heavy atom. The Morgan fingerprint density at radius 1 is 1.50 bits per heavy atom. The van der Waals surface area contributed by atoms with Gasteiger partial charge in [0.2, 0.25) is 0 Å². The highest BCUT2D eigenvalue weighted by molar-refractivity contribution is 5.85. The number of halogens is 1. The lowest BCUT2D eigenvalue weighted by atomic mass is 10.2. The van der Waals surface area contributed by atoms with Gasteiger partial charge in [-0.25, -0.2) is 4.68 Å². The van der Waals surface area contributed by atoms with Crippen LogP contribution in [0.5, 0.6) is 0 Å². The maximum Gasteiger partial charge on any atom is 0.138 e. The second-order valence-corrected chi connectivity index (χ2v) is 2.10. The van der Waals surface area contributed by atoms with Gasteiger partial charge in [0.15, 0.2) is 0 Å².